The van der Waals surface area contributed by atoms with E-state index in [2.05, 4.69) is 15.3 Å². The molecule has 1 aromatic carbocycles. The molecule has 1 fully saturated rings. The minimum atomic E-state index is -0.233. The van der Waals surface area contributed by atoms with E-state index in [1.54, 1.807) is 11.1 Å². The first-order valence-electron chi connectivity index (χ1n) is 9.63. The van der Waals surface area contributed by atoms with Crippen molar-refractivity contribution in [1.29, 1.82) is 0 Å². The smallest absolute Gasteiger partial charge is 0.275 e. The number of nitrogens with one attached hydrogen (secondary N) is 1. The van der Waals surface area contributed by atoms with E-state index in [1.807, 2.05) is 37.3 Å². The van der Waals surface area contributed by atoms with Crippen LogP contribution in [0.25, 0.3) is 10.9 Å². The lowest BCUT2D eigenvalue weighted by atomic mass is 10.1. The quantitative estimate of drug-likeness (QED) is 0.689. The van der Waals surface area contributed by atoms with Gasteiger partial charge in [-0.3, -0.25) is 14.6 Å². The third kappa shape index (κ3) is 4.21. The van der Waals surface area contributed by atoms with E-state index in [4.69, 9.17) is 9.15 Å². The number of pyridine rings is 1. The van der Waals surface area contributed by atoms with Gasteiger partial charge in [0.15, 0.2) is 12.3 Å². The number of amides is 2. The van der Waals surface area contributed by atoms with Crippen LogP contribution in [0.3, 0.4) is 0 Å². The van der Waals surface area contributed by atoms with Crippen LogP contribution in [0.15, 0.2) is 47.2 Å². The number of ether oxygens (including phenoxy) is 1. The zero-order chi connectivity index (χ0) is 20.2. The van der Waals surface area contributed by atoms with Crippen molar-refractivity contribution < 1.29 is 18.7 Å². The summed E-state index contributed by atoms with van der Waals surface area (Å²) in [5.74, 6) is 0.571. The number of nitrogens with zero attached hydrogens (tertiary/aromatic N) is 3. The lowest BCUT2D eigenvalue weighted by molar-refractivity contribution is -0.124. The monoisotopic (exact) mass is 394 g/mol. The summed E-state index contributed by atoms with van der Waals surface area (Å²) in [5, 5.41) is 3.78. The summed E-state index contributed by atoms with van der Waals surface area (Å²) < 4.78 is 11.1. The fourth-order valence-electron chi connectivity index (χ4n) is 3.40. The molecule has 150 valence electrons. The van der Waals surface area contributed by atoms with Gasteiger partial charge in [0.05, 0.1) is 11.4 Å². The minimum absolute atomic E-state index is 0.0115. The topological polar surface area (TPSA) is 97.6 Å². The zero-order valence-electron chi connectivity index (χ0n) is 16.1. The first-order valence-corrected chi connectivity index (χ1v) is 9.63. The first kappa shape index (κ1) is 18.9. The maximum Gasteiger partial charge on any atom is 0.275 e. The van der Waals surface area contributed by atoms with Gasteiger partial charge in [-0.05, 0) is 37.6 Å². The molecule has 4 rings (SSSR count). The predicted octanol–water partition coefficient (Wildman–Crippen LogP) is 2.40. The fraction of sp³-hybridized carbons (Fsp3) is 0.333. The second-order valence-corrected chi connectivity index (χ2v) is 6.90. The SMILES string of the molecule is CCNC(=O)[C@@H]1CCN(C(=O)c2coc(COc3ccc4ncccc4c3)n2)C1. The first-order chi connectivity index (χ1) is 14.1. The molecular formula is C21H22N4O4. The highest BCUT2D eigenvalue weighted by Gasteiger charge is 2.32. The molecule has 8 heteroatoms. The van der Waals surface area contributed by atoms with Gasteiger partial charge in [-0.1, -0.05) is 6.07 Å². The van der Waals surface area contributed by atoms with Crippen LogP contribution in [0.5, 0.6) is 5.75 Å². The van der Waals surface area contributed by atoms with Crippen LogP contribution in [-0.2, 0) is 11.4 Å². The number of hydrogen-bond acceptors (Lipinski definition) is 6. The van der Waals surface area contributed by atoms with Crippen molar-refractivity contribution in [3.63, 3.8) is 0 Å². The molecule has 8 nitrogen and oxygen atoms in total. The van der Waals surface area contributed by atoms with Gasteiger partial charge in [0.1, 0.15) is 12.0 Å². The predicted molar refractivity (Wildman–Crippen MR) is 105 cm³/mol. The Hall–Kier alpha value is -3.42. The molecule has 2 amide bonds. The highest BCUT2D eigenvalue weighted by Crippen LogP contribution is 2.21. The number of aromatic nitrogens is 2. The Bertz CT molecular complexity index is 1030. The second kappa shape index (κ2) is 8.30. The molecule has 1 saturated heterocycles. The van der Waals surface area contributed by atoms with Gasteiger partial charge >= 0.3 is 0 Å². The maximum atomic E-state index is 12.6. The molecule has 0 bridgehead atoms. The molecule has 1 aliphatic heterocycles. The van der Waals surface area contributed by atoms with Crippen LogP contribution in [0, 0.1) is 5.92 Å². The van der Waals surface area contributed by atoms with Crippen molar-refractivity contribution in [3.05, 3.63) is 54.4 Å². The number of benzene rings is 1. The van der Waals surface area contributed by atoms with Crippen LogP contribution in [0.1, 0.15) is 29.7 Å². The standard InChI is InChI=1S/C21H22N4O4/c1-2-22-20(26)15-7-9-25(11-15)21(27)18-12-29-19(24-18)13-28-16-5-6-17-14(10-16)4-3-8-23-17/h3-6,8,10,12,15H,2,7,9,11,13H2,1H3,(H,22,26)/t15-/m1/s1. The summed E-state index contributed by atoms with van der Waals surface area (Å²) in [7, 11) is 0. The maximum absolute atomic E-state index is 12.6. The van der Waals surface area contributed by atoms with Crippen molar-refractivity contribution in [2.24, 2.45) is 5.92 Å². The molecule has 0 unspecified atom stereocenters. The highest BCUT2D eigenvalue weighted by atomic mass is 16.5. The van der Waals surface area contributed by atoms with E-state index >= 15 is 0 Å². The van der Waals surface area contributed by atoms with Gasteiger partial charge in [-0.2, -0.15) is 0 Å². The Balaban J connectivity index is 1.35. The fourth-order valence-corrected chi connectivity index (χ4v) is 3.40. The van der Waals surface area contributed by atoms with Crippen molar-refractivity contribution in [2.75, 3.05) is 19.6 Å². The summed E-state index contributed by atoms with van der Waals surface area (Å²) in [4.78, 5) is 34.7. The van der Waals surface area contributed by atoms with Gasteiger partial charge in [0.2, 0.25) is 11.8 Å². The Morgan fingerprint density at radius 1 is 1.34 bits per heavy atom. The van der Waals surface area contributed by atoms with Crippen LogP contribution in [0.2, 0.25) is 0 Å². The van der Waals surface area contributed by atoms with Gasteiger partial charge < -0.3 is 19.4 Å². The van der Waals surface area contributed by atoms with E-state index in [1.165, 1.54) is 6.26 Å². The molecular weight excluding hydrogens is 372 g/mol. The molecule has 1 N–H and O–H groups in total. The molecule has 29 heavy (non-hydrogen) atoms. The van der Waals surface area contributed by atoms with Crippen LogP contribution in [0.4, 0.5) is 0 Å². The average Bonchev–Trinajstić information content (AvgIpc) is 3.42. The van der Waals surface area contributed by atoms with E-state index in [9.17, 15) is 9.59 Å². The third-order valence-electron chi connectivity index (χ3n) is 4.90. The van der Waals surface area contributed by atoms with E-state index in [0.29, 0.717) is 37.7 Å². The van der Waals surface area contributed by atoms with Crippen LogP contribution < -0.4 is 10.1 Å². The average molecular weight is 394 g/mol. The number of oxazole rings is 1. The Morgan fingerprint density at radius 3 is 3.10 bits per heavy atom. The summed E-state index contributed by atoms with van der Waals surface area (Å²) in [5.41, 5.74) is 1.11. The second-order valence-electron chi connectivity index (χ2n) is 6.90. The molecule has 3 heterocycles. The van der Waals surface area contributed by atoms with E-state index in [0.717, 1.165) is 10.9 Å². The molecule has 0 radical (unpaired) electrons. The lowest BCUT2D eigenvalue weighted by Crippen LogP contribution is -2.34. The van der Waals surface area contributed by atoms with Crippen LogP contribution >= 0.6 is 0 Å². The molecule has 1 atom stereocenters. The van der Waals surface area contributed by atoms with Crippen LogP contribution in [-0.4, -0.2) is 46.3 Å². The summed E-state index contributed by atoms with van der Waals surface area (Å²) in [6.07, 6.45) is 3.74. The number of hydrogen-bond donors (Lipinski definition) is 1. The molecule has 0 aliphatic carbocycles. The Morgan fingerprint density at radius 2 is 2.24 bits per heavy atom. The van der Waals surface area contributed by atoms with Gasteiger partial charge in [-0.15, -0.1) is 0 Å². The number of carbonyl (C=O) groups is 2. The van der Waals surface area contributed by atoms with Gasteiger partial charge in [-0.25, -0.2) is 4.98 Å². The molecule has 0 spiro atoms. The summed E-state index contributed by atoms with van der Waals surface area (Å²) in [6, 6.07) is 9.43. The summed E-state index contributed by atoms with van der Waals surface area (Å²) >= 11 is 0. The highest BCUT2D eigenvalue weighted by molar-refractivity contribution is 5.93. The molecule has 1 aliphatic rings. The molecule has 3 aromatic rings. The van der Waals surface area contributed by atoms with E-state index in [-0.39, 0.29) is 30.0 Å². The van der Waals surface area contributed by atoms with E-state index < -0.39 is 0 Å². The Kier molecular flexibility index (Phi) is 5.41. The number of carbonyl (C=O) groups excluding carboxylic acids is 2. The number of likely N-dealkylation sites (tertiary alicyclic amines) is 1. The number of rotatable bonds is 6. The third-order valence-corrected chi connectivity index (χ3v) is 4.90. The van der Waals surface area contributed by atoms with Gasteiger partial charge in [0, 0.05) is 31.2 Å². The number of fused-ring (bicyclic) bond motifs is 1. The largest absolute Gasteiger partial charge is 0.484 e. The van der Waals surface area contributed by atoms with Crippen molar-refractivity contribution in [3.8, 4) is 5.75 Å². The molecule has 0 saturated carbocycles. The zero-order valence-corrected chi connectivity index (χ0v) is 16.1. The lowest BCUT2D eigenvalue weighted by Gasteiger charge is -2.14. The Labute approximate surface area is 167 Å². The molecule has 2 aromatic heterocycles. The van der Waals surface area contributed by atoms with Crippen molar-refractivity contribution in [1.82, 2.24) is 20.2 Å². The normalized spacial score (nSPS) is 16.2. The van der Waals surface area contributed by atoms with Crippen molar-refractivity contribution in [2.45, 2.75) is 20.0 Å². The van der Waals surface area contributed by atoms with Gasteiger partial charge in [0.25, 0.3) is 5.91 Å². The van der Waals surface area contributed by atoms with Crippen molar-refractivity contribution >= 4 is 22.7 Å². The minimum Gasteiger partial charge on any atom is -0.484 e. The summed E-state index contributed by atoms with van der Waals surface area (Å²) in [6.45, 7) is 3.51.